The molecule has 0 aliphatic rings. The van der Waals surface area contributed by atoms with Crippen LogP contribution in [0.25, 0.3) is 5.57 Å². The normalized spacial score (nSPS) is 12.5. The molecule has 1 heteroatoms. The second kappa shape index (κ2) is 5.61. The first-order valence-electron chi connectivity index (χ1n) is 5.14. The third kappa shape index (κ3) is 2.71. The molecule has 0 aromatic heterocycles. The van der Waals surface area contributed by atoms with Crippen molar-refractivity contribution in [1.82, 2.24) is 0 Å². The van der Waals surface area contributed by atoms with E-state index < -0.39 is 0 Å². The zero-order valence-corrected chi connectivity index (χ0v) is 8.96. The van der Waals surface area contributed by atoms with Gasteiger partial charge in [0, 0.05) is 6.61 Å². The minimum Gasteiger partial charge on any atom is -0.396 e. The zero-order chi connectivity index (χ0) is 10.4. The summed E-state index contributed by atoms with van der Waals surface area (Å²) in [5, 5.41) is 8.89. The Kier molecular flexibility index (Phi) is 4.41. The average molecular weight is 190 g/mol. The van der Waals surface area contributed by atoms with Crippen molar-refractivity contribution in [2.45, 2.75) is 26.7 Å². The van der Waals surface area contributed by atoms with Crippen molar-refractivity contribution in [2.75, 3.05) is 6.61 Å². The average Bonchev–Trinajstić information content (AvgIpc) is 2.21. The van der Waals surface area contributed by atoms with Crippen LogP contribution in [0.4, 0.5) is 0 Å². The molecule has 0 atom stereocenters. The van der Waals surface area contributed by atoms with Gasteiger partial charge in [-0.1, -0.05) is 42.8 Å². The van der Waals surface area contributed by atoms with Crippen LogP contribution in [-0.4, -0.2) is 11.7 Å². The maximum atomic E-state index is 8.89. The summed E-state index contributed by atoms with van der Waals surface area (Å²) in [6.07, 6.45) is 1.80. The highest BCUT2D eigenvalue weighted by atomic mass is 16.2. The summed E-state index contributed by atoms with van der Waals surface area (Å²) in [4.78, 5) is 0. The third-order valence-corrected chi connectivity index (χ3v) is 2.48. The predicted octanol–water partition coefficient (Wildman–Crippen LogP) is 3.25. The molecule has 0 saturated carbocycles. The molecule has 0 aliphatic heterocycles. The van der Waals surface area contributed by atoms with Gasteiger partial charge in [-0.15, -0.1) is 0 Å². The fourth-order valence-corrected chi connectivity index (χ4v) is 1.71. The highest BCUT2D eigenvalue weighted by Crippen LogP contribution is 2.23. The summed E-state index contributed by atoms with van der Waals surface area (Å²) >= 11 is 0. The van der Waals surface area contributed by atoms with Gasteiger partial charge in [-0.05, 0) is 30.9 Å². The predicted molar refractivity (Wildman–Crippen MR) is 61.0 cm³/mol. The molecule has 1 N–H and O–H groups in total. The van der Waals surface area contributed by atoms with Crippen LogP contribution in [0.5, 0.6) is 0 Å². The van der Waals surface area contributed by atoms with E-state index in [1.165, 1.54) is 16.7 Å². The molecule has 76 valence electrons. The molecular formula is C13H18O. The zero-order valence-electron chi connectivity index (χ0n) is 8.96. The van der Waals surface area contributed by atoms with Crippen LogP contribution in [-0.2, 0) is 0 Å². The maximum Gasteiger partial charge on any atom is 0.0468 e. The van der Waals surface area contributed by atoms with E-state index in [4.69, 9.17) is 5.11 Å². The van der Waals surface area contributed by atoms with E-state index >= 15 is 0 Å². The number of aliphatic hydroxyl groups is 1. The summed E-state index contributed by atoms with van der Waals surface area (Å²) in [5.74, 6) is 0. The Bertz CT molecular complexity index is 298. The summed E-state index contributed by atoms with van der Waals surface area (Å²) in [6, 6.07) is 10.4. The number of rotatable bonds is 4. The molecule has 0 bridgehead atoms. The first kappa shape index (κ1) is 11.0. The Labute approximate surface area is 86.1 Å². The minimum absolute atomic E-state index is 0.238. The van der Waals surface area contributed by atoms with Crippen LogP contribution in [0, 0.1) is 0 Å². The molecule has 14 heavy (non-hydrogen) atoms. The molecule has 0 aliphatic carbocycles. The van der Waals surface area contributed by atoms with Crippen molar-refractivity contribution in [3.8, 4) is 0 Å². The molecule has 1 aromatic rings. The third-order valence-electron chi connectivity index (χ3n) is 2.48. The van der Waals surface area contributed by atoms with Crippen LogP contribution in [0.2, 0.25) is 0 Å². The van der Waals surface area contributed by atoms with Crippen molar-refractivity contribution in [1.29, 1.82) is 0 Å². The van der Waals surface area contributed by atoms with E-state index in [0.29, 0.717) is 0 Å². The second-order valence-corrected chi connectivity index (χ2v) is 3.45. The number of benzene rings is 1. The van der Waals surface area contributed by atoms with Crippen LogP contribution in [0.1, 0.15) is 32.3 Å². The highest BCUT2D eigenvalue weighted by Gasteiger charge is 2.02. The lowest BCUT2D eigenvalue weighted by atomic mass is 9.97. The maximum absolute atomic E-state index is 8.89. The molecule has 0 spiro atoms. The quantitative estimate of drug-likeness (QED) is 0.772. The van der Waals surface area contributed by atoms with Gasteiger partial charge in [0.25, 0.3) is 0 Å². The Morgan fingerprint density at radius 2 is 1.86 bits per heavy atom. The molecule has 0 heterocycles. The molecule has 0 amide bonds. The van der Waals surface area contributed by atoms with Gasteiger partial charge in [0.05, 0.1) is 0 Å². The van der Waals surface area contributed by atoms with E-state index in [9.17, 15) is 0 Å². The number of hydrogen-bond donors (Lipinski definition) is 1. The summed E-state index contributed by atoms with van der Waals surface area (Å²) in [5.41, 5.74) is 3.93. The molecular weight excluding hydrogens is 172 g/mol. The Morgan fingerprint density at radius 3 is 2.36 bits per heavy atom. The second-order valence-electron chi connectivity index (χ2n) is 3.45. The highest BCUT2D eigenvalue weighted by molar-refractivity contribution is 5.68. The van der Waals surface area contributed by atoms with Gasteiger partial charge in [-0.3, -0.25) is 0 Å². The van der Waals surface area contributed by atoms with E-state index in [1.807, 2.05) is 6.07 Å². The van der Waals surface area contributed by atoms with Crippen molar-refractivity contribution in [3.63, 3.8) is 0 Å². The van der Waals surface area contributed by atoms with Crippen LogP contribution >= 0.6 is 0 Å². The number of aliphatic hydroxyl groups excluding tert-OH is 1. The van der Waals surface area contributed by atoms with Crippen molar-refractivity contribution >= 4 is 5.57 Å². The van der Waals surface area contributed by atoms with Crippen LogP contribution in [0.15, 0.2) is 35.9 Å². The number of allylic oxidation sites excluding steroid dienone is 1. The largest absolute Gasteiger partial charge is 0.396 e. The smallest absolute Gasteiger partial charge is 0.0468 e. The summed E-state index contributed by atoms with van der Waals surface area (Å²) < 4.78 is 0. The topological polar surface area (TPSA) is 20.2 Å². The van der Waals surface area contributed by atoms with E-state index in [-0.39, 0.29) is 6.61 Å². The van der Waals surface area contributed by atoms with Crippen LogP contribution in [0.3, 0.4) is 0 Å². The fourth-order valence-electron chi connectivity index (χ4n) is 1.71. The van der Waals surface area contributed by atoms with Gasteiger partial charge in [-0.25, -0.2) is 0 Å². The van der Waals surface area contributed by atoms with Crippen LogP contribution < -0.4 is 0 Å². The van der Waals surface area contributed by atoms with Gasteiger partial charge in [-0.2, -0.15) is 0 Å². The monoisotopic (exact) mass is 190 g/mol. The molecule has 1 nitrogen and oxygen atoms in total. The van der Waals surface area contributed by atoms with Gasteiger partial charge in [0.1, 0.15) is 0 Å². The molecule has 1 aromatic carbocycles. The number of hydrogen-bond acceptors (Lipinski definition) is 1. The first-order valence-corrected chi connectivity index (χ1v) is 5.14. The first-order chi connectivity index (χ1) is 6.79. The Hall–Kier alpha value is -1.08. The lowest BCUT2D eigenvalue weighted by Crippen LogP contribution is -1.91. The lowest BCUT2D eigenvalue weighted by molar-refractivity contribution is 0.299. The van der Waals surface area contributed by atoms with Crippen molar-refractivity contribution < 1.29 is 5.11 Å². The van der Waals surface area contributed by atoms with Gasteiger partial charge in [0.15, 0.2) is 0 Å². The summed E-state index contributed by atoms with van der Waals surface area (Å²) in [6.45, 7) is 4.49. The van der Waals surface area contributed by atoms with E-state index in [2.05, 4.69) is 38.1 Å². The molecule has 0 radical (unpaired) electrons. The van der Waals surface area contributed by atoms with Crippen molar-refractivity contribution in [2.24, 2.45) is 0 Å². The molecule has 0 unspecified atom stereocenters. The summed E-state index contributed by atoms with van der Waals surface area (Å²) in [7, 11) is 0. The standard InChI is InChI=1S/C13H18O/c1-3-13(11(2)9-10-14)12-7-5-4-6-8-12/h4-8,14H,3,9-10H2,1-2H3/b13-11+. The Morgan fingerprint density at radius 1 is 1.21 bits per heavy atom. The SMILES string of the molecule is CC/C(=C(/C)CCO)c1ccccc1. The fraction of sp³-hybridized carbons (Fsp3) is 0.385. The molecule has 0 fully saturated rings. The van der Waals surface area contributed by atoms with Gasteiger partial charge < -0.3 is 5.11 Å². The minimum atomic E-state index is 0.238. The van der Waals surface area contributed by atoms with Crippen molar-refractivity contribution in [3.05, 3.63) is 41.5 Å². The van der Waals surface area contributed by atoms with Gasteiger partial charge >= 0.3 is 0 Å². The van der Waals surface area contributed by atoms with E-state index in [0.717, 1.165) is 12.8 Å². The molecule has 1 rings (SSSR count). The van der Waals surface area contributed by atoms with Gasteiger partial charge in [0.2, 0.25) is 0 Å². The van der Waals surface area contributed by atoms with E-state index in [1.54, 1.807) is 0 Å². The lowest BCUT2D eigenvalue weighted by Gasteiger charge is -2.09. The Balaban J connectivity index is 2.98. The molecule has 0 saturated heterocycles.